The van der Waals surface area contributed by atoms with Crippen LogP contribution in [0.25, 0.3) is 0 Å². The maximum atomic E-state index is 10.6. The molecule has 0 aromatic carbocycles. The maximum Gasteiger partial charge on any atom is 0.151 e. The first-order valence-electron chi connectivity index (χ1n) is 2.99. The van der Waals surface area contributed by atoms with Crippen molar-refractivity contribution in [3.05, 3.63) is 11.6 Å². The SMILES string of the molecule is CC(=CCS(C)(=O)=O)CN. The van der Waals surface area contributed by atoms with Crippen LogP contribution in [0.2, 0.25) is 0 Å². The molecule has 0 amide bonds. The van der Waals surface area contributed by atoms with E-state index in [4.69, 9.17) is 5.73 Å². The van der Waals surface area contributed by atoms with Crippen molar-refractivity contribution in [1.29, 1.82) is 0 Å². The molecule has 0 spiro atoms. The molecule has 0 aliphatic carbocycles. The fourth-order valence-electron chi connectivity index (χ4n) is 0.377. The molecule has 0 fully saturated rings. The van der Waals surface area contributed by atoms with E-state index in [1.54, 1.807) is 6.08 Å². The van der Waals surface area contributed by atoms with Crippen molar-refractivity contribution in [1.82, 2.24) is 0 Å². The van der Waals surface area contributed by atoms with Gasteiger partial charge in [0.1, 0.15) is 0 Å². The predicted octanol–water partition coefficient (Wildman–Crippen LogP) is -0.0640. The standard InChI is InChI=1S/C6H13NO2S/c1-6(5-7)3-4-10(2,8)9/h3H,4-5,7H2,1-2H3. The molecule has 2 N–H and O–H groups in total. The summed E-state index contributed by atoms with van der Waals surface area (Å²) in [6, 6.07) is 0. The van der Waals surface area contributed by atoms with Gasteiger partial charge in [-0.05, 0) is 6.92 Å². The third kappa shape index (κ3) is 5.78. The average molecular weight is 163 g/mol. The van der Waals surface area contributed by atoms with Crippen LogP contribution in [0.5, 0.6) is 0 Å². The summed E-state index contributed by atoms with van der Waals surface area (Å²) in [6.07, 6.45) is 2.84. The molecule has 0 radical (unpaired) electrons. The minimum Gasteiger partial charge on any atom is -0.327 e. The topological polar surface area (TPSA) is 60.2 Å². The van der Waals surface area contributed by atoms with Crippen molar-refractivity contribution in [3.63, 3.8) is 0 Å². The van der Waals surface area contributed by atoms with Crippen molar-refractivity contribution >= 4 is 9.84 Å². The first-order chi connectivity index (χ1) is 4.45. The Bertz CT molecular complexity index is 216. The fourth-order valence-corrected chi connectivity index (χ4v) is 0.964. The van der Waals surface area contributed by atoms with Crippen LogP contribution in [-0.2, 0) is 9.84 Å². The van der Waals surface area contributed by atoms with Gasteiger partial charge < -0.3 is 5.73 Å². The van der Waals surface area contributed by atoms with Gasteiger partial charge in [0.05, 0.1) is 5.75 Å². The van der Waals surface area contributed by atoms with Gasteiger partial charge in [0.15, 0.2) is 9.84 Å². The van der Waals surface area contributed by atoms with E-state index < -0.39 is 9.84 Å². The van der Waals surface area contributed by atoms with Gasteiger partial charge in [-0.25, -0.2) is 8.42 Å². The van der Waals surface area contributed by atoms with Gasteiger partial charge >= 0.3 is 0 Å². The van der Waals surface area contributed by atoms with Crippen LogP contribution in [0.4, 0.5) is 0 Å². The van der Waals surface area contributed by atoms with Crippen LogP contribution in [0.3, 0.4) is 0 Å². The molecule has 60 valence electrons. The number of rotatable bonds is 3. The highest BCUT2D eigenvalue weighted by molar-refractivity contribution is 7.90. The second-order valence-electron chi connectivity index (χ2n) is 2.35. The molecule has 0 aliphatic rings. The third-order valence-corrected chi connectivity index (χ3v) is 1.83. The van der Waals surface area contributed by atoms with Gasteiger partial charge in [0, 0.05) is 12.8 Å². The first-order valence-corrected chi connectivity index (χ1v) is 5.05. The lowest BCUT2D eigenvalue weighted by Crippen LogP contribution is -2.04. The molecule has 0 rings (SSSR count). The number of sulfone groups is 1. The number of hydrogen-bond acceptors (Lipinski definition) is 3. The summed E-state index contributed by atoms with van der Waals surface area (Å²) < 4.78 is 21.1. The van der Waals surface area contributed by atoms with E-state index in [0.29, 0.717) is 6.54 Å². The van der Waals surface area contributed by atoms with Gasteiger partial charge in [0.2, 0.25) is 0 Å². The molecule has 0 saturated carbocycles. The molecular weight excluding hydrogens is 150 g/mol. The van der Waals surface area contributed by atoms with E-state index in [0.717, 1.165) is 5.57 Å². The molecule has 0 heterocycles. The van der Waals surface area contributed by atoms with Crippen LogP contribution in [0.15, 0.2) is 11.6 Å². The largest absolute Gasteiger partial charge is 0.327 e. The van der Waals surface area contributed by atoms with Crippen molar-refractivity contribution in [2.75, 3.05) is 18.6 Å². The van der Waals surface area contributed by atoms with E-state index in [1.807, 2.05) is 6.92 Å². The van der Waals surface area contributed by atoms with E-state index in [2.05, 4.69) is 0 Å². The fraction of sp³-hybridized carbons (Fsp3) is 0.667. The van der Waals surface area contributed by atoms with Crippen LogP contribution >= 0.6 is 0 Å². The zero-order valence-corrected chi connectivity index (χ0v) is 7.11. The van der Waals surface area contributed by atoms with Crippen molar-refractivity contribution in [2.24, 2.45) is 5.73 Å². The molecule has 3 nitrogen and oxygen atoms in total. The molecule has 10 heavy (non-hydrogen) atoms. The number of hydrogen-bond donors (Lipinski definition) is 1. The zero-order valence-electron chi connectivity index (χ0n) is 6.29. The highest BCUT2D eigenvalue weighted by Crippen LogP contribution is 1.91. The predicted molar refractivity (Wildman–Crippen MR) is 42.5 cm³/mol. The summed E-state index contributed by atoms with van der Waals surface area (Å²) in [4.78, 5) is 0. The van der Waals surface area contributed by atoms with E-state index >= 15 is 0 Å². The monoisotopic (exact) mass is 163 g/mol. The van der Waals surface area contributed by atoms with Gasteiger partial charge in [-0.2, -0.15) is 0 Å². The molecule has 0 bridgehead atoms. The maximum absolute atomic E-state index is 10.6. The summed E-state index contributed by atoms with van der Waals surface area (Å²) in [5, 5.41) is 0. The van der Waals surface area contributed by atoms with Gasteiger partial charge in [-0.15, -0.1) is 0 Å². The summed E-state index contributed by atoms with van der Waals surface area (Å²) in [5.74, 6) is 0.0933. The summed E-state index contributed by atoms with van der Waals surface area (Å²) in [7, 11) is -2.86. The molecular formula is C6H13NO2S. The van der Waals surface area contributed by atoms with E-state index in [1.165, 1.54) is 6.26 Å². The molecule has 0 atom stereocenters. The molecule has 0 aliphatic heterocycles. The Kier molecular flexibility index (Phi) is 3.60. The molecule has 0 unspecified atom stereocenters. The summed E-state index contributed by atoms with van der Waals surface area (Å²) >= 11 is 0. The summed E-state index contributed by atoms with van der Waals surface area (Å²) in [5.41, 5.74) is 6.15. The summed E-state index contributed by atoms with van der Waals surface area (Å²) in [6.45, 7) is 2.24. The normalized spacial score (nSPS) is 13.7. The van der Waals surface area contributed by atoms with Crippen LogP contribution < -0.4 is 5.73 Å². The molecule has 0 saturated heterocycles. The highest BCUT2D eigenvalue weighted by Gasteiger charge is 1.96. The van der Waals surface area contributed by atoms with Gasteiger partial charge in [0.25, 0.3) is 0 Å². The third-order valence-electron chi connectivity index (χ3n) is 1.06. The second kappa shape index (κ2) is 3.73. The zero-order chi connectivity index (χ0) is 8.20. The Morgan fingerprint density at radius 1 is 1.60 bits per heavy atom. The minimum atomic E-state index is -2.86. The second-order valence-corrected chi connectivity index (χ2v) is 4.53. The van der Waals surface area contributed by atoms with Crippen LogP contribution in [0.1, 0.15) is 6.92 Å². The smallest absolute Gasteiger partial charge is 0.151 e. The quantitative estimate of drug-likeness (QED) is 0.593. The van der Waals surface area contributed by atoms with Gasteiger partial charge in [-0.1, -0.05) is 11.6 Å². The van der Waals surface area contributed by atoms with Crippen molar-refractivity contribution in [3.8, 4) is 0 Å². The Morgan fingerprint density at radius 2 is 2.10 bits per heavy atom. The van der Waals surface area contributed by atoms with E-state index in [-0.39, 0.29) is 5.75 Å². The Hall–Kier alpha value is -0.350. The highest BCUT2D eigenvalue weighted by atomic mass is 32.2. The van der Waals surface area contributed by atoms with Crippen LogP contribution in [0, 0.1) is 0 Å². The average Bonchev–Trinajstić information content (AvgIpc) is 1.81. The molecule has 4 heteroatoms. The van der Waals surface area contributed by atoms with Crippen LogP contribution in [-0.4, -0.2) is 27.0 Å². The lowest BCUT2D eigenvalue weighted by molar-refractivity contribution is 0.604. The lowest BCUT2D eigenvalue weighted by Gasteiger charge is -1.93. The van der Waals surface area contributed by atoms with Crippen molar-refractivity contribution < 1.29 is 8.42 Å². The molecule has 0 aromatic heterocycles. The van der Waals surface area contributed by atoms with Gasteiger partial charge in [-0.3, -0.25) is 0 Å². The minimum absolute atomic E-state index is 0.0933. The van der Waals surface area contributed by atoms with Crippen molar-refractivity contribution in [2.45, 2.75) is 6.92 Å². The lowest BCUT2D eigenvalue weighted by atomic mass is 10.3. The Morgan fingerprint density at radius 3 is 2.40 bits per heavy atom. The first kappa shape index (κ1) is 9.65. The number of nitrogens with two attached hydrogens (primary N) is 1. The Balaban J connectivity index is 3.98. The Labute approximate surface area is 61.8 Å². The molecule has 0 aromatic rings. The van der Waals surface area contributed by atoms with E-state index in [9.17, 15) is 8.42 Å².